The average molecular weight is 184 g/mol. The first-order valence-corrected chi connectivity index (χ1v) is 4.02. The van der Waals surface area contributed by atoms with E-state index in [1.165, 1.54) is 0 Å². The zero-order valence-electron chi connectivity index (χ0n) is 7.27. The molecule has 1 heterocycles. The fourth-order valence-corrected chi connectivity index (χ4v) is 1.09. The van der Waals surface area contributed by atoms with Gasteiger partial charge in [0.15, 0.2) is 6.61 Å². The molecule has 2 N–H and O–H groups in total. The molecule has 0 saturated carbocycles. The SMILES string of the molecule is N#CCOC(=O)N1CCN(N)CC1. The van der Waals surface area contributed by atoms with Crippen LogP contribution in [0.4, 0.5) is 4.79 Å². The van der Waals surface area contributed by atoms with E-state index in [9.17, 15) is 4.79 Å². The molecular weight excluding hydrogens is 172 g/mol. The molecule has 1 fully saturated rings. The van der Waals surface area contributed by atoms with Gasteiger partial charge in [-0.3, -0.25) is 5.84 Å². The molecule has 0 bridgehead atoms. The molecule has 13 heavy (non-hydrogen) atoms. The van der Waals surface area contributed by atoms with Crippen molar-refractivity contribution in [2.75, 3.05) is 32.8 Å². The first-order valence-electron chi connectivity index (χ1n) is 4.02. The lowest BCUT2D eigenvalue weighted by molar-refractivity contribution is 0.0843. The van der Waals surface area contributed by atoms with Crippen LogP contribution in [0.3, 0.4) is 0 Å². The third-order valence-electron chi connectivity index (χ3n) is 1.83. The first-order chi connectivity index (χ1) is 6.24. The van der Waals surface area contributed by atoms with Crippen molar-refractivity contribution in [3.8, 4) is 6.07 Å². The predicted octanol–water partition coefficient (Wildman–Crippen LogP) is -0.862. The summed E-state index contributed by atoms with van der Waals surface area (Å²) in [6, 6.07) is 1.74. The fraction of sp³-hybridized carbons (Fsp3) is 0.714. The number of amides is 1. The summed E-state index contributed by atoms with van der Waals surface area (Å²) in [4.78, 5) is 12.7. The van der Waals surface area contributed by atoms with Gasteiger partial charge in [-0.2, -0.15) is 5.26 Å². The number of nitrogens with zero attached hydrogens (tertiary/aromatic N) is 3. The molecule has 1 rings (SSSR count). The average Bonchev–Trinajstić information content (AvgIpc) is 2.15. The number of nitriles is 1. The second kappa shape index (κ2) is 4.64. The number of hydrogen-bond donors (Lipinski definition) is 1. The van der Waals surface area contributed by atoms with E-state index in [2.05, 4.69) is 4.74 Å². The molecular formula is C7H12N4O2. The Morgan fingerprint density at radius 2 is 2.08 bits per heavy atom. The minimum absolute atomic E-state index is 0.193. The summed E-state index contributed by atoms with van der Waals surface area (Å²) in [5, 5.41) is 9.83. The summed E-state index contributed by atoms with van der Waals surface area (Å²) in [7, 11) is 0. The number of hydrazine groups is 1. The van der Waals surface area contributed by atoms with Gasteiger partial charge in [0, 0.05) is 26.2 Å². The molecule has 0 aromatic heterocycles. The Bertz CT molecular complexity index is 217. The number of nitrogens with two attached hydrogens (primary N) is 1. The standard InChI is InChI=1S/C7H12N4O2/c8-1-6-13-7(12)10-2-4-11(9)5-3-10/h2-6,9H2. The zero-order chi connectivity index (χ0) is 9.68. The van der Waals surface area contributed by atoms with Crippen molar-refractivity contribution in [1.29, 1.82) is 5.26 Å². The zero-order valence-corrected chi connectivity index (χ0v) is 7.27. The van der Waals surface area contributed by atoms with Gasteiger partial charge < -0.3 is 9.64 Å². The molecule has 0 atom stereocenters. The lowest BCUT2D eigenvalue weighted by atomic mass is 10.4. The van der Waals surface area contributed by atoms with Gasteiger partial charge in [-0.15, -0.1) is 0 Å². The quantitative estimate of drug-likeness (QED) is 0.536. The Balaban J connectivity index is 2.28. The van der Waals surface area contributed by atoms with Crippen LogP contribution in [0.15, 0.2) is 0 Å². The van der Waals surface area contributed by atoms with Crippen molar-refractivity contribution in [2.45, 2.75) is 0 Å². The summed E-state index contributed by atoms with van der Waals surface area (Å²) < 4.78 is 4.63. The van der Waals surface area contributed by atoms with Gasteiger partial charge in [0.2, 0.25) is 0 Å². The molecule has 1 aliphatic heterocycles. The van der Waals surface area contributed by atoms with E-state index in [0.29, 0.717) is 26.2 Å². The summed E-state index contributed by atoms with van der Waals surface area (Å²) >= 11 is 0. The highest BCUT2D eigenvalue weighted by Gasteiger charge is 2.19. The largest absolute Gasteiger partial charge is 0.434 e. The summed E-state index contributed by atoms with van der Waals surface area (Å²) in [5.74, 6) is 5.50. The molecule has 0 aromatic rings. The highest BCUT2D eigenvalue weighted by atomic mass is 16.6. The second-order valence-electron chi connectivity index (χ2n) is 2.74. The first kappa shape index (κ1) is 9.77. The third-order valence-corrected chi connectivity index (χ3v) is 1.83. The molecule has 6 nitrogen and oxygen atoms in total. The minimum atomic E-state index is -0.436. The van der Waals surface area contributed by atoms with Crippen molar-refractivity contribution in [2.24, 2.45) is 5.84 Å². The van der Waals surface area contributed by atoms with Crippen molar-refractivity contribution < 1.29 is 9.53 Å². The number of piperazine rings is 1. The maximum atomic E-state index is 11.2. The molecule has 6 heteroatoms. The highest BCUT2D eigenvalue weighted by Crippen LogP contribution is 1.99. The van der Waals surface area contributed by atoms with Crippen LogP contribution in [-0.2, 0) is 4.74 Å². The molecule has 1 amide bonds. The maximum Gasteiger partial charge on any atom is 0.410 e. The van der Waals surface area contributed by atoms with E-state index in [-0.39, 0.29) is 6.61 Å². The number of hydrogen-bond acceptors (Lipinski definition) is 5. The molecule has 0 unspecified atom stereocenters. The normalized spacial score (nSPS) is 18.0. The van der Waals surface area contributed by atoms with E-state index >= 15 is 0 Å². The summed E-state index contributed by atoms with van der Waals surface area (Å²) in [6.07, 6.45) is -0.436. The topological polar surface area (TPSA) is 82.6 Å². The Morgan fingerprint density at radius 3 is 2.62 bits per heavy atom. The fourth-order valence-electron chi connectivity index (χ4n) is 1.09. The van der Waals surface area contributed by atoms with Crippen LogP contribution < -0.4 is 5.84 Å². The van der Waals surface area contributed by atoms with Crippen LogP contribution in [-0.4, -0.2) is 48.8 Å². The lowest BCUT2D eigenvalue weighted by Gasteiger charge is -2.30. The van der Waals surface area contributed by atoms with Crippen LogP contribution in [0, 0.1) is 11.3 Å². The minimum Gasteiger partial charge on any atom is -0.434 e. The Kier molecular flexibility index (Phi) is 3.49. The van der Waals surface area contributed by atoms with E-state index in [1.807, 2.05) is 0 Å². The van der Waals surface area contributed by atoms with Crippen LogP contribution in [0.25, 0.3) is 0 Å². The van der Waals surface area contributed by atoms with E-state index in [1.54, 1.807) is 16.0 Å². The van der Waals surface area contributed by atoms with Gasteiger partial charge >= 0.3 is 6.09 Å². The molecule has 1 saturated heterocycles. The highest BCUT2D eigenvalue weighted by molar-refractivity contribution is 5.67. The van der Waals surface area contributed by atoms with E-state index < -0.39 is 6.09 Å². The molecule has 72 valence electrons. The van der Waals surface area contributed by atoms with Crippen molar-refractivity contribution in [3.63, 3.8) is 0 Å². The second-order valence-corrected chi connectivity index (χ2v) is 2.74. The smallest absolute Gasteiger partial charge is 0.410 e. The molecule has 0 radical (unpaired) electrons. The van der Waals surface area contributed by atoms with Crippen LogP contribution in [0.5, 0.6) is 0 Å². The summed E-state index contributed by atoms with van der Waals surface area (Å²) in [5.41, 5.74) is 0. The number of ether oxygens (including phenoxy) is 1. The van der Waals surface area contributed by atoms with Crippen molar-refractivity contribution >= 4 is 6.09 Å². The predicted molar refractivity (Wildman–Crippen MR) is 44.3 cm³/mol. The van der Waals surface area contributed by atoms with Gasteiger partial charge in [-0.05, 0) is 0 Å². The molecule has 0 aliphatic carbocycles. The van der Waals surface area contributed by atoms with Crippen LogP contribution in [0.1, 0.15) is 0 Å². The van der Waals surface area contributed by atoms with Crippen molar-refractivity contribution in [3.05, 3.63) is 0 Å². The molecule has 1 aliphatic rings. The van der Waals surface area contributed by atoms with Crippen LogP contribution in [0.2, 0.25) is 0 Å². The van der Waals surface area contributed by atoms with E-state index in [0.717, 1.165) is 0 Å². The lowest BCUT2D eigenvalue weighted by Crippen LogP contribution is -2.51. The van der Waals surface area contributed by atoms with Gasteiger partial charge in [0.1, 0.15) is 6.07 Å². The molecule has 0 spiro atoms. The Morgan fingerprint density at radius 1 is 1.46 bits per heavy atom. The number of carbonyl (C=O) groups excluding carboxylic acids is 1. The number of rotatable bonds is 1. The van der Waals surface area contributed by atoms with Gasteiger partial charge in [-0.25, -0.2) is 9.80 Å². The van der Waals surface area contributed by atoms with Crippen LogP contribution >= 0.6 is 0 Å². The van der Waals surface area contributed by atoms with Gasteiger partial charge in [0.05, 0.1) is 0 Å². The van der Waals surface area contributed by atoms with Crippen molar-refractivity contribution in [1.82, 2.24) is 9.91 Å². The van der Waals surface area contributed by atoms with E-state index in [4.69, 9.17) is 11.1 Å². The Hall–Kier alpha value is -1.32. The monoisotopic (exact) mass is 184 g/mol. The molecule has 0 aromatic carbocycles. The third kappa shape index (κ3) is 2.89. The van der Waals surface area contributed by atoms with Gasteiger partial charge in [0.25, 0.3) is 0 Å². The summed E-state index contributed by atoms with van der Waals surface area (Å²) in [6.45, 7) is 2.20. The Labute approximate surface area is 76.4 Å². The van der Waals surface area contributed by atoms with Gasteiger partial charge in [-0.1, -0.05) is 0 Å². The maximum absolute atomic E-state index is 11.2. The number of carbonyl (C=O) groups is 1.